The first-order valence-electron chi connectivity index (χ1n) is 15.4. The summed E-state index contributed by atoms with van der Waals surface area (Å²) in [6.07, 6.45) is 6.14. The van der Waals surface area contributed by atoms with Crippen LogP contribution >= 0.6 is 0 Å². The molecule has 0 unspecified atom stereocenters. The van der Waals surface area contributed by atoms with E-state index in [0.717, 1.165) is 88.3 Å². The van der Waals surface area contributed by atoms with Gasteiger partial charge in [-0.2, -0.15) is 0 Å². The van der Waals surface area contributed by atoms with Crippen LogP contribution < -0.4 is 9.64 Å². The molecular weight excluding hydrogens is 538 g/mol. The molecule has 4 heterocycles. The van der Waals surface area contributed by atoms with Crippen LogP contribution in [0.5, 0.6) is 5.75 Å². The largest absolute Gasteiger partial charge is 0.487 e. The molecule has 0 saturated carbocycles. The van der Waals surface area contributed by atoms with Crippen molar-refractivity contribution in [1.29, 1.82) is 0 Å². The highest BCUT2D eigenvalue weighted by atomic mass is 16.5. The minimum Gasteiger partial charge on any atom is -0.487 e. The summed E-state index contributed by atoms with van der Waals surface area (Å²) in [7, 11) is 2.17. The molecule has 0 bridgehead atoms. The average molecular weight is 582 g/mol. The van der Waals surface area contributed by atoms with Gasteiger partial charge in [-0.1, -0.05) is 12.1 Å². The number of carboxylic acids is 1. The average Bonchev–Trinajstić information content (AvgIpc) is 3.28. The van der Waals surface area contributed by atoms with E-state index < -0.39 is 11.6 Å². The van der Waals surface area contributed by atoms with Crippen molar-refractivity contribution in [2.75, 3.05) is 31.6 Å². The van der Waals surface area contributed by atoms with Gasteiger partial charge in [0.15, 0.2) is 0 Å². The Morgan fingerprint density at radius 2 is 1.72 bits per heavy atom. The number of likely N-dealkylation sites (tertiary alicyclic amines) is 1. The van der Waals surface area contributed by atoms with Crippen molar-refractivity contribution in [3.63, 3.8) is 0 Å². The van der Waals surface area contributed by atoms with Gasteiger partial charge < -0.3 is 24.2 Å². The Bertz CT molecular complexity index is 1690. The fourth-order valence-electron chi connectivity index (χ4n) is 6.88. The number of nitrogens with zero attached hydrogens (tertiary/aromatic N) is 5. The molecule has 8 heteroatoms. The van der Waals surface area contributed by atoms with Crippen LogP contribution in [0.2, 0.25) is 0 Å². The van der Waals surface area contributed by atoms with Crippen molar-refractivity contribution in [2.45, 2.75) is 78.9 Å². The van der Waals surface area contributed by atoms with Gasteiger partial charge in [-0.15, -0.1) is 0 Å². The third kappa shape index (κ3) is 5.49. The third-order valence-corrected chi connectivity index (χ3v) is 8.96. The Labute approximate surface area is 254 Å². The summed E-state index contributed by atoms with van der Waals surface area (Å²) < 4.78 is 8.85. The van der Waals surface area contributed by atoms with Crippen molar-refractivity contribution in [3.8, 4) is 16.9 Å². The first-order valence-corrected chi connectivity index (χ1v) is 15.4. The standard InChI is InChI=1S/C35H43N5O3/c1-21-8-9-26(29(16-21)43-35(4,5)6)31-27(18-30(41)42)23(3)32-33-28(31)17-22(2)39(33)14-15-40(32)34-36-19-25(20-37-34)24-10-12-38(7)13-11-24/h8-9,16-17,19-20,24H,10-15,18H2,1-7H3,(H,41,42). The minimum absolute atomic E-state index is 0.0963. The zero-order valence-corrected chi connectivity index (χ0v) is 26.5. The fourth-order valence-corrected chi connectivity index (χ4v) is 6.88. The van der Waals surface area contributed by atoms with Crippen LogP contribution in [0.25, 0.3) is 22.0 Å². The molecule has 0 radical (unpaired) electrons. The van der Waals surface area contributed by atoms with Gasteiger partial charge in [0.1, 0.15) is 11.4 Å². The number of hydrogen-bond donors (Lipinski definition) is 1. The van der Waals surface area contributed by atoms with E-state index in [-0.39, 0.29) is 6.42 Å². The summed E-state index contributed by atoms with van der Waals surface area (Å²) >= 11 is 0. The molecule has 2 aromatic carbocycles. The number of rotatable bonds is 6. The molecule has 2 aromatic heterocycles. The molecule has 2 aliphatic rings. The van der Waals surface area contributed by atoms with E-state index >= 15 is 0 Å². The van der Waals surface area contributed by atoms with Gasteiger partial charge in [-0.25, -0.2) is 9.97 Å². The lowest BCUT2D eigenvalue weighted by molar-refractivity contribution is -0.136. The van der Waals surface area contributed by atoms with Gasteiger partial charge in [-0.3, -0.25) is 4.79 Å². The van der Waals surface area contributed by atoms with Crippen molar-refractivity contribution >= 4 is 28.5 Å². The first-order chi connectivity index (χ1) is 20.4. The van der Waals surface area contributed by atoms with Crippen molar-refractivity contribution in [1.82, 2.24) is 19.4 Å². The number of ether oxygens (including phenoxy) is 1. The SMILES string of the molecule is Cc1ccc(-c2c(CC(=O)O)c(C)c3c4c2cc(C)n4CCN3c2ncc(C3CCN(C)CC3)cn2)c(OC(C)(C)C)c1. The highest BCUT2D eigenvalue weighted by Gasteiger charge is 2.32. The molecule has 0 spiro atoms. The number of hydrogen-bond acceptors (Lipinski definition) is 6. The Morgan fingerprint density at radius 1 is 1.02 bits per heavy atom. The number of aryl methyl sites for hydroxylation is 2. The summed E-state index contributed by atoms with van der Waals surface area (Å²) in [5, 5.41) is 11.2. The number of aliphatic carboxylic acids is 1. The molecule has 8 nitrogen and oxygen atoms in total. The van der Waals surface area contributed by atoms with Gasteiger partial charge in [0.2, 0.25) is 5.95 Å². The maximum atomic E-state index is 12.4. The number of carbonyl (C=O) groups is 1. The molecule has 0 amide bonds. The monoisotopic (exact) mass is 581 g/mol. The summed E-state index contributed by atoms with van der Waals surface area (Å²) in [4.78, 5) is 26.7. The smallest absolute Gasteiger partial charge is 0.307 e. The van der Waals surface area contributed by atoms with Gasteiger partial charge in [-0.05, 0) is 120 Å². The van der Waals surface area contributed by atoms with Crippen molar-refractivity contribution < 1.29 is 14.6 Å². The number of aromatic nitrogens is 3. The zero-order chi connectivity index (χ0) is 30.6. The second-order valence-corrected chi connectivity index (χ2v) is 13.4. The maximum absolute atomic E-state index is 12.4. The Balaban J connectivity index is 1.53. The molecule has 2 aliphatic heterocycles. The number of carboxylic acid groups (broad SMARTS) is 1. The number of piperidine rings is 1. The molecule has 0 atom stereocenters. The van der Waals surface area contributed by atoms with Crippen LogP contribution in [-0.2, 0) is 17.8 Å². The van der Waals surface area contributed by atoms with Crippen LogP contribution in [0.1, 0.15) is 67.5 Å². The summed E-state index contributed by atoms with van der Waals surface area (Å²) in [5.74, 6) is 1.05. The van der Waals surface area contributed by atoms with Crippen LogP contribution in [0.15, 0.2) is 36.7 Å². The number of benzene rings is 2. The van der Waals surface area contributed by atoms with Crippen LogP contribution in [0, 0.1) is 20.8 Å². The second kappa shape index (κ2) is 11.0. The molecular formula is C35H43N5O3. The molecule has 4 aromatic rings. The van der Waals surface area contributed by atoms with Crippen molar-refractivity contribution in [2.24, 2.45) is 0 Å². The predicted octanol–water partition coefficient (Wildman–Crippen LogP) is 6.79. The minimum atomic E-state index is -0.862. The Morgan fingerprint density at radius 3 is 2.37 bits per heavy atom. The van der Waals surface area contributed by atoms with Crippen LogP contribution in [0.3, 0.4) is 0 Å². The normalized spacial score (nSPS) is 16.2. The van der Waals surface area contributed by atoms with E-state index in [1.165, 1.54) is 5.56 Å². The van der Waals surface area contributed by atoms with E-state index in [0.29, 0.717) is 18.4 Å². The lowest BCUT2D eigenvalue weighted by Gasteiger charge is -2.33. The molecule has 1 N–H and O–H groups in total. The quantitative estimate of drug-likeness (QED) is 0.268. The summed E-state index contributed by atoms with van der Waals surface area (Å²) in [5.41, 5.74) is 8.69. The lowest BCUT2D eigenvalue weighted by Crippen LogP contribution is -2.31. The lowest BCUT2D eigenvalue weighted by atomic mass is 9.88. The van der Waals surface area contributed by atoms with Crippen molar-refractivity contribution in [3.05, 3.63) is 64.6 Å². The molecule has 226 valence electrons. The molecule has 1 fully saturated rings. The zero-order valence-electron chi connectivity index (χ0n) is 26.5. The Kier molecular flexibility index (Phi) is 7.45. The molecule has 1 saturated heterocycles. The van der Waals surface area contributed by atoms with Gasteiger partial charge >= 0.3 is 5.97 Å². The molecule has 0 aliphatic carbocycles. The first kappa shape index (κ1) is 29.2. The molecule has 43 heavy (non-hydrogen) atoms. The topological polar surface area (TPSA) is 83.7 Å². The van der Waals surface area contributed by atoms with Gasteiger partial charge in [0.05, 0.1) is 17.6 Å². The Hall–Kier alpha value is -3.91. The highest BCUT2D eigenvalue weighted by molar-refractivity contribution is 6.08. The fraction of sp³-hybridized carbons (Fsp3) is 0.457. The van der Waals surface area contributed by atoms with E-state index in [1.807, 2.05) is 40.1 Å². The van der Waals surface area contributed by atoms with Crippen LogP contribution in [-0.4, -0.2) is 62.8 Å². The number of anilines is 2. The summed E-state index contributed by atoms with van der Waals surface area (Å²) in [6.45, 7) is 16.0. The third-order valence-electron chi connectivity index (χ3n) is 8.96. The van der Waals surface area contributed by atoms with Crippen LogP contribution in [0.4, 0.5) is 11.6 Å². The molecule has 6 rings (SSSR count). The summed E-state index contributed by atoms with van der Waals surface area (Å²) in [6, 6.07) is 8.41. The van der Waals surface area contributed by atoms with Gasteiger partial charge in [0.25, 0.3) is 0 Å². The van der Waals surface area contributed by atoms with E-state index in [1.54, 1.807) is 0 Å². The van der Waals surface area contributed by atoms with E-state index in [4.69, 9.17) is 14.7 Å². The second-order valence-electron chi connectivity index (χ2n) is 13.4. The van der Waals surface area contributed by atoms with Gasteiger partial charge in [0, 0.05) is 42.1 Å². The predicted molar refractivity (Wildman–Crippen MR) is 172 cm³/mol. The van der Waals surface area contributed by atoms with E-state index in [9.17, 15) is 9.90 Å². The van der Waals surface area contributed by atoms with E-state index in [2.05, 4.69) is 59.5 Å². The maximum Gasteiger partial charge on any atom is 0.307 e. The highest BCUT2D eigenvalue weighted by Crippen LogP contribution is 2.48.